The van der Waals surface area contributed by atoms with E-state index in [0.29, 0.717) is 23.7 Å². The largest absolute Gasteiger partial charge is 0.341 e. The number of halogens is 1. The summed E-state index contributed by atoms with van der Waals surface area (Å²) < 4.78 is 3.30. The molecule has 1 aliphatic heterocycles. The topological polar surface area (TPSA) is 88.0 Å². The number of fused-ring (bicyclic) bond motifs is 1. The van der Waals surface area contributed by atoms with Crippen LogP contribution in [-0.4, -0.2) is 50.7 Å². The minimum absolute atomic E-state index is 0.146. The first-order valence-corrected chi connectivity index (χ1v) is 10.1. The predicted molar refractivity (Wildman–Crippen MR) is 111 cm³/mol. The molecular weight excluding hydrogens is 380 g/mol. The van der Waals surface area contributed by atoms with Crippen LogP contribution < -0.4 is 21.5 Å². The van der Waals surface area contributed by atoms with Crippen LogP contribution in [0.5, 0.6) is 0 Å². The monoisotopic (exact) mass is 404 g/mol. The lowest BCUT2D eigenvalue weighted by atomic mass is 9.95. The predicted octanol–water partition coefficient (Wildman–Crippen LogP) is 0.963. The Morgan fingerprint density at radius 2 is 2.11 bits per heavy atom. The lowest BCUT2D eigenvalue weighted by molar-refractivity contribution is 0.650. The van der Waals surface area contributed by atoms with E-state index < -0.39 is 11.2 Å². The number of alkyl halides is 1. The van der Waals surface area contributed by atoms with Gasteiger partial charge in [0, 0.05) is 33.2 Å². The standard InChI is InChI=1S/C19H25ClN6O2/c1-12-5-3-6-13(14(12)20)11-26-15-16(24(2)19(28)23-17(15)27)22-18(26)25-9-4-7-21-8-10-25/h3,5-6,12,14,21H,4,7-11H2,1-2H3,(H,23,27,28). The summed E-state index contributed by atoms with van der Waals surface area (Å²) in [4.78, 5) is 34.1. The molecule has 0 aromatic carbocycles. The Labute approximate surface area is 167 Å². The van der Waals surface area contributed by atoms with Crippen LogP contribution in [-0.2, 0) is 13.6 Å². The third-order valence-electron chi connectivity index (χ3n) is 5.49. The van der Waals surface area contributed by atoms with E-state index in [2.05, 4.69) is 28.2 Å². The minimum Gasteiger partial charge on any atom is -0.341 e. The molecule has 4 rings (SSSR count). The lowest BCUT2D eigenvalue weighted by Gasteiger charge is -2.26. The van der Waals surface area contributed by atoms with Crippen LogP contribution in [0.1, 0.15) is 13.3 Å². The highest BCUT2D eigenvalue weighted by molar-refractivity contribution is 6.22. The number of aromatic amines is 1. The molecular formula is C19H25ClN6O2. The molecule has 0 radical (unpaired) electrons. The van der Waals surface area contributed by atoms with Crippen molar-refractivity contribution in [1.82, 2.24) is 24.4 Å². The fourth-order valence-electron chi connectivity index (χ4n) is 3.86. The van der Waals surface area contributed by atoms with Gasteiger partial charge in [0.1, 0.15) is 0 Å². The Bertz CT molecular complexity index is 1050. The first-order chi connectivity index (χ1) is 13.5. The molecule has 2 aromatic heterocycles. The molecule has 8 nitrogen and oxygen atoms in total. The van der Waals surface area contributed by atoms with Crippen LogP contribution in [0.4, 0.5) is 5.95 Å². The first kappa shape index (κ1) is 19.0. The molecule has 1 saturated heterocycles. The van der Waals surface area contributed by atoms with Gasteiger partial charge in [-0.15, -0.1) is 11.6 Å². The number of hydrogen-bond donors (Lipinski definition) is 2. The molecule has 2 aromatic rings. The van der Waals surface area contributed by atoms with Gasteiger partial charge in [-0.25, -0.2) is 4.79 Å². The molecule has 0 saturated carbocycles. The van der Waals surface area contributed by atoms with Crippen molar-refractivity contribution in [1.29, 1.82) is 0 Å². The molecule has 2 atom stereocenters. The summed E-state index contributed by atoms with van der Waals surface area (Å²) in [5, 5.41) is 3.24. The number of nitrogens with one attached hydrogen (secondary N) is 2. The maximum atomic E-state index is 12.7. The summed E-state index contributed by atoms with van der Waals surface area (Å²) in [6.07, 6.45) is 7.07. The summed E-state index contributed by atoms with van der Waals surface area (Å²) in [7, 11) is 1.63. The molecule has 9 heteroatoms. The smallest absolute Gasteiger partial charge is 0.329 e. The number of nitrogens with zero attached hydrogens (tertiary/aromatic N) is 4. The molecule has 0 bridgehead atoms. The van der Waals surface area contributed by atoms with Gasteiger partial charge in [-0.2, -0.15) is 4.98 Å². The Balaban J connectivity index is 1.89. The number of aromatic nitrogens is 4. The highest BCUT2D eigenvalue weighted by atomic mass is 35.5. The Kier molecular flexibility index (Phi) is 5.16. The molecule has 2 N–H and O–H groups in total. The van der Waals surface area contributed by atoms with E-state index in [4.69, 9.17) is 16.6 Å². The summed E-state index contributed by atoms with van der Waals surface area (Å²) in [6.45, 7) is 5.95. The van der Waals surface area contributed by atoms with Crippen molar-refractivity contribution >= 4 is 28.7 Å². The summed E-state index contributed by atoms with van der Waals surface area (Å²) in [6, 6.07) is 0. The zero-order valence-electron chi connectivity index (χ0n) is 16.1. The van der Waals surface area contributed by atoms with Crippen molar-refractivity contribution in [2.24, 2.45) is 13.0 Å². The van der Waals surface area contributed by atoms with E-state index in [-0.39, 0.29) is 11.3 Å². The van der Waals surface area contributed by atoms with Crippen molar-refractivity contribution < 1.29 is 0 Å². The summed E-state index contributed by atoms with van der Waals surface area (Å²) in [5.74, 6) is 0.919. The SMILES string of the molecule is CC1C=CC=C(Cn2c(N3CCCNCC3)nc3c2c(=O)[nH]c(=O)n3C)C1Cl. The van der Waals surface area contributed by atoms with Crippen LogP contribution in [0.15, 0.2) is 33.4 Å². The van der Waals surface area contributed by atoms with Gasteiger partial charge in [-0.05, 0) is 24.5 Å². The zero-order chi connectivity index (χ0) is 19.8. The van der Waals surface area contributed by atoms with Crippen molar-refractivity contribution in [2.75, 3.05) is 31.1 Å². The first-order valence-electron chi connectivity index (χ1n) is 9.64. The van der Waals surface area contributed by atoms with Crippen molar-refractivity contribution in [2.45, 2.75) is 25.3 Å². The molecule has 2 unspecified atom stereocenters. The van der Waals surface area contributed by atoms with E-state index in [9.17, 15) is 9.59 Å². The van der Waals surface area contributed by atoms with Gasteiger partial charge < -0.3 is 10.2 Å². The van der Waals surface area contributed by atoms with E-state index in [1.165, 1.54) is 4.57 Å². The number of allylic oxidation sites excluding steroid dienone is 4. The molecule has 1 fully saturated rings. The van der Waals surface area contributed by atoms with Gasteiger partial charge in [-0.1, -0.05) is 25.2 Å². The second kappa shape index (κ2) is 7.60. The Morgan fingerprint density at radius 3 is 2.93 bits per heavy atom. The number of imidazole rings is 1. The van der Waals surface area contributed by atoms with Crippen molar-refractivity contribution in [3.8, 4) is 0 Å². The van der Waals surface area contributed by atoms with Crippen LogP contribution in [0, 0.1) is 5.92 Å². The van der Waals surface area contributed by atoms with E-state index in [0.717, 1.165) is 38.2 Å². The molecule has 3 heterocycles. The molecule has 2 aliphatic rings. The van der Waals surface area contributed by atoms with Gasteiger partial charge in [0.05, 0.1) is 5.38 Å². The fourth-order valence-corrected chi connectivity index (χ4v) is 4.09. The van der Waals surface area contributed by atoms with E-state index in [1.54, 1.807) is 7.05 Å². The normalized spacial score (nSPS) is 23.1. The lowest BCUT2D eigenvalue weighted by Crippen LogP contribution is -2.32. The molecule has 150 valence electrons. The van der Waals surface area contributed by atoms with Crippen molar-refractivity contribution in [3.63, 3.8) is 0 Å². The summed E-state index contributed by atoms with van der Waals surface area (Å²) >= 11 is 6.64. The average Bonchev–Trinajstić information content (AvgIpc) is 2.85. The maximum absolute atomic E-state index is 12.7. The zero-order valence-corrected chi connectivity index (χ0v) is 16.9. The molecule has 1 aliphatic carbocycles. The molecule has 0 spiro atoms. The average molecular weight is 405 g/mol. The number of rotatable bonds is 3. The number of anilines is 1. The Hall–Kier alpha value is -2.32. The van der Waals surface area contributed by atoms with Crippen molar-refractivity contribution in [3.05, 3.63) is 44.6 Å². The number of aryl methyl sites for hydroxylation is 1. The summed E-state index contributed by atoms with van der Waals surface area (Å²) in [5.41, 5.74) is 0.942. The minimum atomic E-state index is -0.463. The highest BCUT2D eigenvalue weighted by Gasteiger charge is 2.26. The van der Waals surface area contributed by atoms with Gasteiger partial charge in [-0.3, -0.25) is 18.9 Å². The third kappa shape index (κ3) is 3.31. The Morgan fingerprint density at radius 1 is 1.29 bits per heavy atom. The quantitative estimate of drug-likeness (QED) is 0.744. The van der Waals surface area contributed by atoms with Crippen LogP contribution in [0.2, 0.25) is 0 Å². The van der Waals surface area contributed by atoms with E-state index >= 15 is 0 Å². The molecule has 28 heavy (non-hydrogen) atoms. The maximum Gasteiger partial charge on any atom is 0.329 e. The van der Waals surface area contributed by atoms with Crippen LogP contribution >= 0.6 is 11.6 Å². The third-order valence-corrected chi connectivity index (χ3v) is 6.17. The van der Waals surface area contributed by atoms with Crippen LogP contribution in [0.3, 0.4) is 0 Å². The van der Waals surface area contributed by atoms with Gasteiger partial charge in [0.25, 0.3) is 5.56 Å². The van der Waals surface area contributed by atoms with Gasteiger partial charge in [0.15, 0.2) is 11.2 Å². The fraction of sp³-hybridized carbons (Fsp3) is 0.526. The number of hydrogen-bond acceptors (Lipinski definition) is 5. The number of H-pyrrole nitrogens is 1. The second-order valence-corrected chi connectivity index (χ2v) is 7.94. The van der Waals surface area contributed by atoms with Gasteiger partial charge in [0.2, 0.25) is 5.95 Å². The highest BCUT2D eigenvalue weighted by Crippen LogP contribution is 2.29. The second-order valence-electron chi connectivity index (χ2n) is 7.47. The van der Waals surface area contributed by atoms with Crippen LogP contribution in [0.25, 0.3) is 11.2 Å². The van der Waals surface area contributed by atoms with Gasteiger partial charge >= 0.3 is 5.69 Å². The molecule has 0 amide bonds. The van der Waals surface area contributed by atoms with E-state index in [1.807, 2.05) is 16.7 Å².